The van der Waals surface area contributed by atoms with Crippen molar-refractivity contribution in [3.63, 3.8) is 0 Å². The van der Waals surface area contributed by atoms with Crippen LogP contribution in [0, 0.1) is 0 Å². The maximum atomic E-state index is 6.00. The van der Waals surface area contributed by atoms with Crippen molar-refractivity contribution in [2.45, 2.75) is 30.9 Å². The normalized spacial score (nSPS) is 29.0. The van der Waals surface area contributed by atoms with Gasteiger partial charge in [0.15, 0.2) is 0 Å². The maximum Gasteiger partial charge on any atom is 0.0956 e. The minimum Gasteiger partial charge on any atom is -0.382 e. The summed E-state index contributed by atoms with van der Waals surface area (Å²) in [7, 11) is 0. The Morgan fingerprint density at radius 2 is 1.95 bits per heavy atom. The summed E-state index contributed by atoms with van der Waals surface area (Å²) in [6, 6.07) is 15.6. The fourth-order valence-electron chi connectivity index (χ4n) is 3.53. The molecule has 2 aliphatic heterocycles. The Balaban J connectivity index is 1.51. The Morgan fingerprint density at radius 3 is 2.81 bits per heavy atom. The van der Waals surface area contributed by atoms with Crippen molar-refractivity contribution in [3.8, 4) is 0 Å². The molecule has 0 amide bonds. The summed E-state index contributed by atoms with van der Waals surface area (Å²) in [6.45, 7) is 2.42. The van der Waals surface area contributed by atoms with Crippen molar-refractivity contribution in [1.29, 1.82) is 0 Å². The zero-order valence-corrected chi connectivity index (χ0v) is 12.2. The van der Waals surface area contributed by atoms with E-state index in [1.807, 2.05) is 0 Å². The SMILES string of the molecule is c1ccc2cc(NC3CCOC4(CCOC4)C3)ccc2c1. The standard InChI is InChI=1S/C18H21NO2/c1-2-4-15-11-16(6-5-14(15)3-1)19-17-7-9-21-18(12-17)8-10-20-13-18/h1-6,11,17,19H,7-10,12-13H2. The van der Waals surface area contributed by atoms with Gasteiger partial charge in [0.05, 0.1) is 12.2 Å². The van der Waals surface area contributed by atoms with E-state index in [1.54, 1.807) is 0 Å². The van der Waals surface area contributed by atoms with Crippen molar-refractivity contribution in [2.24, 2.45) is 0 Å². The van der Waals surface area contributed by atoms with Gasteiger partial charge in [0.2, 0.25) is 0 Å². The molecule has 21 heavy (non-hydrogen) atoms. The first-order chi connectivity index (χ1) is 10.3. The van der Waals surface area contributed by atoms with Crippen LogP contribution in [0.25, 0.3) is 10.8 Å². The number of nitrogens with one attached hydrogen (secondary N) is 1. The van der Waals surface area contributed by atoms with Gasteiger partial charge in [-0.2, -0.15) is 0 Å². The number of hydrogen-bond acceptors (Lipinski definition) is 3. The van der Waals surface area contributed by atoms with Gasteiger partial charge in [-0.25, -0.2) is 0 Å². The number of benzene rings is 2. The van der Waals surface area contributed by atoms with E-state index in [2.05, 4.69) is 47.8 Å². The summed E-state index contributed by atoms with van der Waals surface area (Å²) in [4.78, 5) is 0. The van der Waals surface area contributed by atoms with E-state index >= 15 is 0 Å². The Kier molecular flexibility index (Phi) is 3.32. The molecule has 0 aliphatic carbocycles. The number of fused-ring (bicyclic) bond motifs is 1. The van der Waals surface area contributed by atoms with E-state index in [9.17, 15) is 0 Å². The maximum absolute atomic E-state index is 6.00. The second kappa shape index (κ2) is 5.32. The summed E-state index contributed by atoms with van der Waals surface area (Å²) in [5.41, 5.74) is 1.17. The van der Waals surface area contributed by atoms with Crippen LogP contribution in [0.2, 0.25) is 0 Å². The molecule has 0 radical (unpaired) electrons. The summed E-state index contributed by atoms with van der Waals surface area (Å²) in [5, 5.41) is 6.26. The van der Waals surface area contributed by atoms with Crippen LogP contribution in [-0.4, -0.2) is 31.5 Å². The molecule has 3 heteroatoms. The minimum atomic E-state index is -0.0350. The third-order valence-electron chi connectivity index (χ3n) is 4.68. The second-order valence-corrected chi connectivity index (χ2v) is 6.23. The first-order valence-corrected chi connectivity index (χ1v) is 7.80. The Labute approximate surface area is 125 Å². The van der Waals surface area contributed by atoms with E-state index in [-0.39, 0.29) is 5.60 Å². The molecule has 2 aromatic carbocycles. The third-order valence-corrected chi connectivity index (χ3v) is 4.68. The monoisotopic (exact) mass is 283 g/mol. The van der Waals surface area contributed by atoms with Crippen LogP contribution in [0.3, 0.4) is 0 Å². The second-order valence-electron chi connectivity index (χ2n) is 6.23. The molecule has 1 spiro atoms. The molecule has 2 heterocycles. The van der Waals surface area contributed by atoms with Crippen molar-refractivity contribution < 1.29 is 9.47 Å². The topological polar surface area (TPSA) is 30.5 Å². The number of ether oxygens (including phenoxy) is 2. The van der Waals surface area contributed by atoms with Crippen molar-refractivity contribution in [2.75, 3.05) is 25.1 Å². The Hall–Kier alpha value is -1.58. The van der Waals surface area contributed by atoms with Gasteiger partial charge in [0.25, 0.3) is 0 Å². The van der Waals surface area contributed by atoms with Crippen LogP contribution in [0.1, 0.15) is 19.3 Å². The van der Waals surface area contributed by atoms with Crippen molar-refractivity contribution in [3.05, 3.63) is 42.5 Å². The summed E-state index contributed by atoms with van der Waals surface area (Å²) < 4.78 is 11.5. The molecule has 0 aromatic heterocycles. The molecular weight excluding hydrogens is 262 g/mol. The third kappa shape index (κ3) is 2.63. The molecule has 110 valence electrons. The zero-order chi connectivity index (χ0) is 14.1. The van der Waals surface area contributed by atoms with Gasteiger partial charge in [-0.15, -0.1) is 0 Å². The largest absolute Gasteiger partial charge is 0.382 e. The number of hydrogen-bond donors (Lipinski definition) is 1. The fraction of sp³-hybridized carbons (Fsp3) is 0.444. The molecule has 2 fully saturated rings. The lowest BCUT2D eigenvalue weighted by molar-refractivity contribution is -0.0828. The smallest absolute Gasteiger partial charge is 0.0956 e. The minimum absolute atomic E-state index is 0.0350. The Morgan fingerprint density at radius 1 is 1.05 bits per heavy atom. The predicted molar refractivity (Wildman–Crippen MR) is 84.7 cm³/mol. The lowest BCUT2D eigenvalue weighted by atomic mass is 9.89. The van der Waals surface area contributed by atoms with Gasteiger partial charge in [0.1, 0.15) is 0 Å². The van der Waals surface area contributed by atoms with Crippen LogP contribution in [-0.2, 0) is 9.47 Å². The zero-order valence-electron chi connectivity index (χ0n) is 12.2. The molecule has 2 unspecified atom stereocenters. The molecule has 4 rings (SSSR count). The summed E-state index contributed by atoms with van der Waals surface area (Å²) in [6.07, 6.45) is 3.14. The lowest BCUT2D eigenvalue weighted by Crippen LogP contribution is -2.44. The predicted octanol–water partition coefficient (Wildman–Crippen LogP) is 3.59. The average Bonchev–Trinajstić information content (AvgIpc) is 2.95. The molecule has 2 saturated heterocycles. The van der Waals surface area contributed by atoms with Crippen LogP contribution < -0.4 is 5.32 Å². The lowest BCUT2D eigenvalue weighted by Gasteiger charge is -2.37. The van der Waals surface area contributed by atoms with Crippen LogP contribution >= 0.6 is 0 Å². The quantitative estimate of drug-likeness (QED) is 0.913. The highest BCUT2D eigenvalue weighted by atomic mass is 16.6. The molecular formula is C18H21NO2. The van der Waals surface area contributed by atoms with Crippen molar-refractivity contribution >= 4 is 16.5 Å². The molecule has 1 N–H and O–H groups in total. The molecule has 2 aliphatic rings. The molecule has 2 atom stereocenters. The van der Waals surface area contributed by atoms with Gasteiger partial charge in [-0.1, -0.05) is 30.3 Å². The first-order valence-electron chi connectivity index (χ1n) is 7.80. The van der Waals surface area contributed by atoms with Gasteiger partial charge in [-0.05, 0) is 35.7 Å². The van der Waals surface area contributed by atoms with E-state index < -0.39 is 0 Å². The molecule has 0 bridgehead atoms. The van der Waals surface area contributed by atoms with E-state index in [0.717, 1.165) is 39.1 Å². The highest BCUT2D eigenvalue weighted by Gasteiger charge is 2.40. The van der Waals surface area contributed by atoms with Crippen molar-refractivity contribution in [1.82, 2.24) is 0 Å². The van der Waals surface area contributed by atoms with Gasteiger partial charge >= 0.3 is 0 Å². The molecule has 2 aromatic rings. The fourth-order valence-corrected chi connectivity index (χ4v) is 3.53. The van der Waals surface area contributed by atoms with Gasteiger partial charge in [0, 0.05) is 31.4 Å². The van der Waals surface area contributed by atoms with Crippen LogP contribution in [0.15, 0.2) is 42.5 Å². The molecule has 0 saturated carbocycles. The molecule has 3 nitrogen and oxygen atoms in total. The van der Waals surface area contributed by atoms with Crippen LogP contribution in [0.5, 0.6) is 0 Å². The number of anilines is 1. The number of rotatable bonds is 2. The highest BCUT2D eigenvalue weighted by Crippen LogP contribution is 2.34. The Bertz CT molecular complexity index is 634. The average molecular weight is 283 g/mol. The first kappa shape index (κ1) is 13.1. The van der Waals surface area contributed by atoms with E-state index in [4.69, 9.17) is 9.47 Å². The van der Waals surface area contributed by atoms with E-state index in [0.29, 0.717) is 6.04 Å². The van der Waals surface area contributed by atoms with Gasteiger partial charge in [-0.3, -0.25) is 0 Å². The summed E-state index contributed by atoms with van der Waals surface area (Å²) >= 11 is 0. The highest BCUT2D eigenvalue weighted by molar-refractivity contribution is 5.85. The summed E-state index contributed by atoms with van der Waals surface area (Å²) in [5.74, 6) is 0. The van der Waals surface area contributed by atoms with Gasteiger partial charge < -0.3 is 14.8 Å². The van der Waals surface area contributed by atoms with Crippen LogP contribution in [0.4, 0.5) is 5.69 Å². The van der Waals surface area contributed by atoms with E-state index in [1.165, 1.54) is 16.5 Å².